The SMILES string of the molecule is CC(C)(C)N(C[C@@H]1CN(c2ccc3c(c2)CCN(C=O)C3)C(=O)O1)C(=O)O. The van der Waals surface area contributed by atoms with Crippen molar-refractivity contribution in [2.24, 2.45) is 0 Å². The third kappa shape index (κ3) is 3.99. The third-order valence-corrected chi connectivity index (χ3v) is 4.99. The molecule has 27 heavy (non-hydrogen) atoms. The first-order valence-electron chi connectivity index (χ1n) is 8.99. The molecule has 1 aromatic rings. The lowest BCUT2D eigenvalue weighted by atomic mass is 9.99. The number of hydrogen-bond donors (Lipinski definition) is 1. The molecule has 0 saturated carbocycles. The molecular formula is C19H25N3O5. The van der Waals surface area contributed by atoms with Crippen molar-refractivity contribution in [1.29, 1.82) is 0 Å². The van der Waals surface area contributed by atoms with Crippen LogP contribution in [-0.4, -0.2) is 64.8 Å². The van der Waals surface area contributed by atoms with E-state index < -0.39 is 23.8 Å². The van der Waals surface area contributed by atoms with Gasteiger partial charge in [0.1, 0.15) is 6.10 Å². The van der Waals surface area contributed by atoms with E-state index in [1.54, 1.807) is 9.80 Å². The average Bonchev–Trinajstić information content (AvgIpc) is 2.98. The summed E-state index contributed by atoms with van der Waals surface area (Å²) in [4.78, 5) is 39.3. The Morgan fingerprint density at radius 3 is 2.74 bits per heavy atom. The highest BCUT2D eigenvalue weighted by Gasteiger charge is 2.37. The first-order valence-corrected chi connectivity index (χ1v) is 8.99. The Balaban J connectivity index is 1.73. The van der Waals surface area contributed by atoms with Crippen LogP contribution in [0.5, 0.6) is 0 Å². The van der Waals surface area contributed by atoms with E-state index in [0.29, 0.717) is 19.6 Å². The number of carbonyl (C=O) groups excluding carboxylic acids is 2. The van der Waals surface area contributed by atoms with Crippen LogP contribution in [0.15, 0.2) is 18.2 Å². The van der Waals surface area contributed by atoms with Gasteiger partial charge in [0.05, 0.1) is 13.1 Å². The number of hydrogen-bond acceptors (Lipinski definition) is 4. The van der Waals surface area contributed by atoms with E-state index in [1.165, 1.54) is 4.90 Å². The highest BCUT2D eigenvalue weighted by atomic mass is 16.6. The Morgan fingerprint density at radius 1 is 1.37 bits per heavy atom. The molecule has 8 nitrogen and oxygen atoms in total. The van der Waals surface area contributed by atoms with Crippen LogP contribution >= 0.6 is 0 Å². The van der Waals surface area contributed by atoms with Gasteiger partial charge in [-0.25, -0.2) is 9.59 Å². The summed E-state index contributed by atoms with van der Waals surface area (Å²) < 4.78 is 5.41. The molecule has 3 rings (SSSR count). The van der Waals surface area contributed by atoms with Crippen molar-refractivity contribution in [2.75, 3.05) is 24.5 Å². The summed E-state index contributed by atoms with van der Waals surface area (Å²) in [7, 11) is 0. The molecule has 0 radical (unpaired) electrons. The van der Waals surface area contributed by atoms with E-state index in [2.05, 4.69) is 0 Å². The fourth-order valence-corrected chi connectivity index (χ4v) is 3.49. The Labute approximate surface area is 158 Å². The standard InChI is InChI=1S/C19H25N3O5/c1-19(2,3)22(17(24)25)11-16-10-21(18(26)27-16)15-5-4-14-9-20(12-23)7-6-13(14)8-15/h4-5,8,12,16H,6-7,9-11H2,1-3H3,(H,24,25)/t16-/m0/s1. The van der Waals surface area contributed by atoms with Crippen molar-refractivity contribution in [3.05, 3.63) is 29.3 Å². The molecule has 8 heteroatoms. The molecule has 146 valence electrons. The minimum atomic E-state index is -1.04. The molecule has 0 unspecified atom stereocenters. The second kappa shape index (κ2) is 7.09. The van der Waals surface area contributed by atoms with E-state index in [4.69, 9.17) is 4.74 Å². The van der Waals surface area contributed by atoms with Gasteiger partial charge in [-0.2, -0.15) is 0 Å². The molecule has 0 bridgehead atoms. The Hall–Kier alpha value is -2.77. The van der Waals surface area contributed by atoms with Crippen LogP contribution in [0, 0.1) is 0 Å². The Morgan fingerprint density at radius 2 is 2.11 bits per heavy atom. The number of ether oxygens (including phenoxy) is 1. The van der Waals surface area contributed by atoms with Crippen molar-refractivity contribution in [3.8, 4) is 0 Å². The smallest absolute Gasteiger partial charge is 0.414 e. The van der Waals surface area contributed by atoms with Gasteiger partial charge >= 0.3 is 12.2 Å². The van der Waals surface area contributed by atoms with E-state index >= 15 is 0 Å². The van der Waals surface area contributed by atoms with Gasteiger partial charge in [-0.1, -0.05) is 6.07 Å². The Kier molecular flexibility index (Phi) is 4.99. The topological polar surface area (TPSA) is 90.4 Å². The highest BCUT2D eigenvalue weighted by molar-refractivity contribution is 5.90. The van der Waals surface area contributed by atoms with Gasteiger partial charge in [0.2, 0.25) is 6.41 Å². The van der Waals surface area contributed by atoms with Crippen LogP contribution in [0.3, 0.4) is 0 Å². The van der Waals surface area contributed by atoms with Crippen molar-refractivity contribution in [3.63, 3.8) is 0 Å². The average molecular weight is 375 g/mol. The number of amides is 3. The number of anilines is 1. The van der Waals surface area contributed by atoms with Crippen molar-refractivity contribution >= 4 is 24.3 Å². The maximum Gasteiger partial charge on any atom is 0.414 e. The van der Waals surface area contributed by atoms with E-state index in [0.717, 1.165) is 29.6 Å². The molecule has 0 aromatic heterocycles. The van der Waals surface area contributed by atoms with Crippen LogP contribution in [0.25, 0.3) is 0 Å². The fourth-order valence-electron chi connectivity index (χ4n) is 3.49. The third-order valence-electron chi connectivity index (χ3n) is 4.99. The van der Waals surface area contributed by atoms with Gasteiger partial charge in [0, 0.05) is 24.3 Å². The zero-order valence-electron chi connectivity index (χ0n) is 15.8. The van der Waals surface area contributed by atoms with E-state index in [1.807, 2.05) is 39.0 Å². The monoisotopic (exact) mass is 375 g/mol. The number of carbonyl (C=O) groups is 3. The molecule has 2 aliphatic heterocycles. The predicted molar refractivity (Wildman–Crippen MR) is 98.7 cm³/mol. The number of rotatable bonds is 4. The van der Waals surface area contributed by atoms with Crippen molar-refractivity contribution in [2.45, 2.75) is 45.4 Å². The zero-order valence-corrected chi connectivity index (χ0v) is 15.8. The lowest BCUT2D eigenvalue weighted by Gasteiger charge is -2.34. The van der Waals surface area contributed by atoms with Gasteiger partial charge in [-0.15, -0.1) is 0 Å². The second-order valence-electron chi connectivity index (χ2n) is 7.96. The normalized spacial score (nSPS) is 19.5. The first kappa shape index (κ1) is 19.0. The molecule has 3 amide bonds. The minimum Gasteiger partial charge on any atom is -0.465 e. The molecule has 0 spiro atoms. The van der Waals surface area contributed by atoms with Crippen LogP contribution in [0.2, 0.25) is 0 Å². The molecular weight excluding hydrogens is 350 g/mol. The van der Waals surface area contributed by atoms with E-state index in [9.17, 15) is 19.5 Å². The number of nitrogens with zero attached hydrogens (tertiary/aromatic N) is 3. The molecule has 1 N–H and O–H groups in total. The summed E-state index contributed by atoms with van der Waals surface area (Å²) in [5.41, 5.74) is 2.34. The first-order chi connectivity index (χ1) is 12.7. The van der Waals surface area contributed by atoms with Gasteiger partial charge in [-0.3, -0.25) is 14.6 Å². The summed E-state index contributed by atoms with van der Waals surface area (Å²) in [5, 5.41) is 9.44. The lowest BCUT2D eigenvalue weighted by molar-refractivity contribution is -0.118. The summed E-state index contributed by atoms with van der Waals surface area (Å²) in [6, 6.07) is 5.73. The van der Waals surface area contributed by atoms with Crippen LogP contribution in [0.1, 0.15) is 31.9 Å². The van der Waals surface area contributed by atoms with Crippen molar-refractivity contribution < 1.29 is 24.2 Å². The van der Waals surface area contributed by atoms with Gasteiger partial charge < -0.3 is 14.7 Å². The quantitative estimate of drug-likeness (QED) is 0.816. The lowest BCUT2D eigenvalue weighted by Crippen LogP contribution is -2.49. The number of benzene rings is 1. The summed E-state index contributed by atoms with van der Waals surface area (Å²) >= 11 is 0. The predicted octanol–water partition coefficient (Wildman–Crippen LogP) is 2.30. The maximum absolute atomic E-state index is 12.3. The highest BCUT2D eigenvalue weighted by Crippen LogP contribution is 2.28. The number of fused-ring (bicyclic) bond motifs is 1. The Bertz CT molecular complexity index is 758. The van der Waals surface area contributed by atoms with Crippen LogP contribution < -0.4 is 4.90 Å². The number of cyclic esters (lactones) is 1. The van der Waals surface area contributed by atoms with Gasteiger partial charge in [0.25, 0.3) is 0 Å². The maximum atomic E-state index is 12.3. The van der Waals surface area contributed by atoms with Crippen LogP contribution in [0.4, 0.5) is 15.3 Å². The van der Waals surface area contributed by atoms with Crippen LogP contribution in [-0.2, 0) is 22.5 Å². The van der Waals surface area contributed by atoms with Gasteiger partial charge in [-0.05, 0) is 50.5 Å². The van der Waals surface area contributed by atoms with E-state index in [-0.39, 0.29) is 6.54 Å². The van der Waals surface area contributed by atoms with Crippen molar-refractivity contribution in [1.82, 2.24) is 9.80 Å². The largest absolute Gasteiger partial charge is 0.465 e. The summed E-state index contributed by atoms with van der Waals surface area (Å²) in [6.45, 7) is 7.08. The molecule has 1 fully saturated rings. The summed E-state index contributed by atoms with van der Waals surface area (Å²) in [5.74, 6) is 0. The molecule has 1 saturated heterocycles. The fraction of sp³-hybridized carbons (Fsp3) is 0.526. The number of carboxylic acid groups (broad SMARTS) is 1. The molecule has 0 aliphatic carbocycles. The van der Waals surface area contributed by atoms with Gasteiger partial charge in [0.15, 0.2) is 0 Å². The molecule has 2 aliphatic rings. The molecule has 1 atom stereocenters. The zero-order chi connectivity index (χ0) is 19.8. The minimum absolute atomic E-state index is 0.125. The molecule has 2 heterocycles. The molecule has 1 aromatic carbocycles. The summed E-state index contributed by atoms with van der Waals surface area (Å²) in [6.07, 6.45) is -0.433. The second-order valence-corrected chi connectivity index (χ2v) is 7.96.